The Morgan fingerprint density at radius 3 is 2.39 bits per heavy atom. The number of rotatable bonds is 7. The Bertz CT molecular complexity index is 1510. The number of piperazine rings is 1. The summed E-state index contributed by atoms with van der Waals surface area (Å²) in [7, 11) is -2.18. The standard InChI is InChI=1S/C25H29ClN4O6S2/c1-4-36-25(32)28-11-13-29(14-12-28)38(33,34)19-7-5-18(6-8-19)23(31)27-24-30(15-16-35-3)22-17(2)20(26)9-10-21(22)37-24/h5-10H,4,11-16H2,1-3H3. The fourth-order valence-electron chi connectivity index (χ4n) is 4.19. The van der Waals surface area contributed by atoms with Gasteiger partial charge in [0.2, 0.25) is 10.0 Å². The van der Waals surface area contributed by atoms with Gasteiger partial charge >= 0.3 is 6.09 Å². The van der Waals surface area contributed by atoms with Crippen molar-refractivity contribution in [1.82, 2.24) is 13.8 Å². The molecule has 0 radical (unpaired) electrons. The number of ether oxygens (including phenoxy) is 2. The maximum atomic E-state index is 13.1. The van der Waals surface area contributed by atoms with E-state index in [1.54, 1.807) is 14.0 Å². The number of sulfonamides is 1. The van der Waals surface area contributed by atoms with Crippen molar-refractivity contribution >= 4 is 55.2 Å². The summed E-state index contributed by atoms with van der Waals surface area (Å²) in [6.07, 6.45) is -0.448. The van der Waals surface area contributed by atoms with Crippen molar-refractivity contribution in [2.75, 3.05) is 46.5 Å². The molecule has 2 heterocycles. The average molecular weight is 581 g/mol. The molecule has 0 atom stereocenters. The second-order valence-electron chi connectivity index (χ2n) is 8.58. The van der Waals surface area contributed by atoms with Gasteiger partial charge in [-0.1, -0.05) is 22.9 Å². The average Bonchev–Trinajstić information content (AvgIpc) is 3.27. The predicted molar refractivity (Wildman–Crippen MR) is 145 cm³/mol. The Kier molecular flexibility index (Phi) is 8.89. The minimum atomic E-state index is -3.78. The first-order valence-electron chi connectivity index (χ1n) is 12.1. The number of aryl methyl sites for hydroxylation is 1. The SMILES string of the molecule is CCOC(=O)N1CCN(S(=O)(=O)c2ccc(C(=O)N=c3sc4ccc(Cl)c(C)c4n3CCOC)cc2)CC1. The van der Waals surface area contributed by atoms with E-state index in [1.807, 2.05) is 23.6 Å². The maximum absolute atomic E-state index is 13.1. The maximum Gasteiger partial charge on any atom is 0.409 e. The monoisotopic (exact) mass is 580 g/mol. The summed E-state index contributed by atoms with van der Waals surface area (Å²) < 4.78 is 40.7. The van der Waals surface area contributed by atoms with Crippen LogP contribution < -0.4 is 4.80 Å². The van der Waals surface area contributed by atoms with Gasteiger partial charge in [0, 0.05) is 50.4 Å². The number of methoxy groups -OCH3 is 1. The largest absolute Gasteiger partial charge is 0.450 e. The third-order valence-electron chi connectivity index (χ3n) is 6.25. The van der Waals surface area contributed by atoms with Crippen molar-refractivity contribution in [3.63, 3.8) is 0 Å². The fourth-order valence-corrected chi connectivity index (χ4v) is 6.88. The topological polar surface area (TPSA) is 111 Å². The van der Waals surface area contributed by atoms with E-state index < -0.39 is 22.0 Å². The molecular weight excluding hydrogens is 552 g/mol. The summed E-state index contributed by atoms with van der Waals surface area (Å²) in [6.45, 7) is 5.64. The van der Waals surface area contributed by atoms with Gasteiger partial charge in [-0.3, -0.25) is 4.79 Å². The van der Waals surface area contributed by atoms with Gasteiger partial charge in [0.15, 0.2) is 4.80 Å². The highest BCUT2D eigenvalue weighted by Crippen LogP contribution is 2.27. The van der Waals surface area contributed by atoms with Crippen molar-refractivity contribution in [1.29, 1.82) is 0 Å². The molecular formula is C25H29ClN4O6S2. The number of carbonyl (C=O) groups is 2. The zero-order valence-corrected chi connectivity index (χ0v) is 23.7. The molecule has 13 heteroatoms. The Labute approximate surface area is 230 Å². The lowest BCUT2D eigenvalue weighted by atomic mass is 10.2. The summed E-state index contributed by atoms with van der Waals surface area (Å²) >= 11 is 7.71. The molecule has 10 nitrogen and oxygen atoms in total. The van der Waals surface area contributed by atoms with Gasteiger partial charge in [-0.2, -0.15) is 9.30 Å². The van der Waals surface area contributed by atoms with Gasteiger partial charge in [-0.05, 0) is 55.8 Å². The summed E-state index contributed by atoms with van der Waals surface area (Å²) in [5.41, 5.74) is 2.06. The van der Waals surface area contributed by atoms with E-state index >= 15 is 0 Å². The van der Waals surface area contributed by atoms with E-state index in [9.17, 15) is 18.0 Å². The number of hydrogen-bond donors (Lipinski definition) is 0. The smallest absolute Gasteiger partial charge is 0.409 e. The first kappa shape index (κ1) is 28.2. The lowest BCUT2D eigenvalue weighted by molar-refractivity contribution is 0.0933. The van der Waals surface area contributed by atoms with E-state index in [4.69, 9.17) is 21.1 Å². The second-order valence-corrected chi connectivity index (χ2v) is 11.9. The van der Waals surface area contributed by atoms with E-state index in [-0.39, 0.29) is 43.2 Å². The molecule has 3 aromatic rings. The highest BCUT2D eigenvalue weighted by atomic mass is 35.5. The third-order valence-corrected chi connectivity index (χ3v) is 9.62. The van der Waals surface area contributed by atoms with Crippen molar-refractivity contribution in [2.45, 2.75) is 25.3 Å². The van der Waals surface area contributed by atoms with Crippen LogP contribution in [0.1, 0.15) is 22.8 Å². The first-order chi connectivity index (χ1) is 18.2. The molecule has 0 saturated carbocycles. The van der Waals surface area contributed by atoms with Crippen molar-refractivity contribution in [3.8, 4) is 0 Å². The number of hydrogen-bond acceptors (Lipinski definition) is 7. The van der Waals surface area contributed by atoms with Crippen molar-refractivity contribution in [2.24, 2.45) is 4.99 Å². The Morgan fingerprint density at radius 1 is 1.08 bits per heavy atom. The third kappa shape index (κ3) is 5.79. The van der Waals surface area contributed by atoms with Crippen LogP contribution in [0.2, 0.25) is 5.02 Å². The number of aromatic nitrogens is 1. The summed E-state index contributed by atoms with van der Waals surface area (Å²) in [5, 5.41) is 0.624. The molecule has 0 spiro atoms. The molecule has 1 aromatic heterocycles. The van der Waals surface area contributed by atoms with E-state index in [0.717, 1.165) is 15.8 Å². The molecule has 4 rings (SSSR count). The van der Waals surface area contributed by atoms with Gasteiger partial charge in [0.1, 0.15) is 0 Å². The predicted octanol–water partition coefficient (Wildman–Crippen LogP) is 3.51. The van der Waals surface area contributed by atoms with Gasteiger partial charge in [0.25, 0.3) is 5.91 Å². The molecule has 1 fully saturated rings. The highest BCUT2D eigenvalue weighted by Gasteiger charge is 2.30. The van der Waals surface area contributed by atoms with E-state index in [0.29, 0.717) is 23.0 Å². The summed E-state index contributed by atoms with van der Waals surface area (Å²) in [4.78, 5) is 31.3. The lowest BCUT2D eigenvalue weighted by Crippen LogP contribution is -2.50. The van der Waals surface area contributed by atoms with Crippen LogP contribution in [0.3, 0.4) is 0 Å². The minimum Gasteiger partial charge on any atom is -0.450 e. The second kappa shape index (κ2) is 12.0. The van der Waals surface area contributed by atoms with Crippen LogP contribution in [0.25, 0.3) is 10.2 Å². The fraction of sp³-hybridized carbons (Fsp3) is 0.400. The zero-order valence-electron chi connectivity index (χ0n) is 21.3. The minimum absolute atomic E-state index is 0.0703. The van der Waals surface area contributed by atoms with Crippen LogP contribution in [0.5, 0.6) is 0 Å². The summed E-state index contributed by atoms with van der Waals surface area (Å²) in [5.74, 6) is -0.488. The van der Waals surface area contributed by atoms with Crippen LogP contribution in [-0.4, -0.2) is 80.7 Å². The number of carbonyl (C=O) groups excluding carboxylic acids is 2. The van der Waals surface area contributed by atoms with Crippen LogP contribution in [0, 0.1) is 6.92 Å². The van der Waals surface area contributed by atoms with Crippen LogP contribution in [0.4, 0.5) is 4.79 Å². The van der Waals surface area contributed by atoms with Gasteiger partial charge in [-0.15, -0.1) is 0 Å². The molecule has 0 bridgehead atoms. The molecule has 204 valence electrons. The Hall–Kier alpha value is -2.77. The van der Waals surface area contributed by atoms with Crippen molar-refractivity contribution in [3.05, 3.63) is 57.3 Å². The number of halogens is 1. The number of amides is 2. The van der Waals surface area contributed by atoms with Crippen LogP contribution in [0.15, 0.2) is 46.3 Å². The lowest BCUT2D eigenvalue weighted by Gasteiger charge is -2.33. The normalized spacial score (nSPS) is 15.3. The number of fused-ring (bicyclic) bond motifs is 1. The molecule has 1 aliphatic rings. The molecule has 0 aliphatic carbocycles. The zero-order chi connectivity index (χ0) is 27.4. The molecule has 0 N–H and O–H groups in total. The number of benzene rings is 2. The molecule has 2 aromatic carbocycles. The van der Waals surface area contributed by atoms with E-state index in [2.05, 4.69) is 4.99 Å². The van der Waals surface area contributed by atoms with Crippen LogP contribution >= 0.6 is 22.9 Å². The van der Waals surface area contributed by atoms with Gasteiger partial charge in [0.05, 0.1) is 28.3 Å². The molecule has 38 heavy (non-hydrogen) atoms. The Balaban J connectivity index is 1.56. The first-order valence-corrected chi connectivity index (χ1v) is 14.7. The summed E-state index contributed by atoms with van der Waals surface area (Å²) in [6, 6.07) is 9.45. The van der Waals surface area contributed by atoms with Gasteiger partial charge < -0.3 is 18.9 Å². The molecule has 1 saturated heterocycles. The molecule has 2 amide bonds. The van der Waals surface area contributed by atoms with E-state index in [1.165, 1.54) is 44.8 Å². The number of nitrogens with zero attached hydrogens (tertiary/aromatic N) is 4. The quantitative estimate of drug-likeness (QED) is 0.423. The van der Waals surface area contributed by atoms with Gasteiger partial charge in [-0.25, -0.2) is 13.2 Å². The number of thiazole rings is 1. The Morgan fingerprint density at radius 2 is 1.76 bits per heavy atom. The highest BCUT2D eigenvalue weighted by molar-refractivity contribution is 7.89. The van der Waals surface area contributed by atoms with Crippen molar-refractivity contribution < 1.29 is 27.5 Å². The molecule has 1 aliphatic heterocycles. The van der Waals surface area contributed by atoms with Crippen LogP contribution in [-0.2, 0) is 26.0 Å². The molecule has 0 unspecified atom stereocenters.